The molecule has 0 fully saturated rings. The predicted molar refractivity (Wildman–Crippen MR) is 72.0 cm³/mol. The SMILES string of the molecule is COC(=O)c1cc(C(O)C(O)CCNC(C)=O)ccc1F. The molecule has 0 spiro atoms. The van der Waals surface area contributed by atoms with E-state index in [4.69, 9.17) is 0 Å². The van der Waals surface area contributed by atoms with E-state index in [1.807, 2.05) is 0 Å². The van der Waals surface area contributed by atoms with Gasteiger partial charge in [-0.3, -0.25) is 4.79 Å². The van der Waals surface area contributed by atoms with Gasteiger partial charge in [0.05, 0.1) is 18.8 Å². The molecule has 7 heteroatoms. The number of hydrogen-bond donors (Lipinski definition) is 3. The maximum absolute atomic E-state index is 13.5. The summed E-state index contributed by atoms with van der Waals surface area (Å²) in [6, 6.07) is 3.42. The summed E-state index contributed by atoms with van der Waals surface area (Å²) in [5.41, 5.74) is -0.129. The van der Waals surface area contributed by atoms with Gasteiger partial charge in [-0.15, -0.1) is 0 Å². The van der Waals surface area contributed by atoms with E-state index in [0.29, 0.717) is 0 Å². The Hall–Kier alpha value is -1.99. The number of carbonyl (C=O) groups is 2. The summed E-state index contributed by atoms with van der Waals surface area (Å²) < 4.78 is 17.9. The lowest BCUT2D eigenvalue weighted by Crippen LogP contribution is -2.27. The van der Waals surface area contributed by atoms with E-state index in [-0.39, 0.29) is 30.0 Å². The van der Waals surface area contributed by atoms with Crippen LogP contribution in [0.15, 0.2) is 18.2 Å². The van der Waals surface area contributed by atoms with Gasteiger partial charge in [0.25, 0.3) is 0 Å². The van der Waals surface area contributed by atoms with Gasteiger partial charge in [-0.25, -0.2) is 9.18 Å². The van der Waals surface area contributed by atoms with Gasteiger partial charge in [-0.2, -0.15) is 0 Å². The minimum Gasteiger partial charge on any atom is -0.465 e. The maximum Gasteiger partial charge on any atom is 0.340 e. The lowest BCUT2D eigenvalue weighted by Gasteiger charge is -2.19. The Kier molecular flexibility index (Phi) is 6.26. The van der Waals surface area contributed by atoms with Crippen molar-refractivity contribution in [2.75, 3.05) is 13.7 Å². The van der Waals surface area contributed by atoms with Crippen LogP contribution in [0.25, 0.3) is 0 Å². The van der Waals surface area contributed by atoms with E-state index in [9.17, 15) is 24.2 Å². The number of aliphatic hydroxyl groups excluding tert-OH is 2. The highest BCUT2D eigenvalue weighted by Gasteiger charge is 2.21. The first kappa shape index (κ1) is 17.1. The smallest absolute Gasteiger partial charge is 0.340 e. The molecule has 1 aromatic rings. The molecule has 1 aromatic carbocycles. The van der Waals surface area contributed by atoms with Gasteiger partial charge in [0.2, 0.25) is 5.91 Å². The molecule has 2 unspecified atom stereocenters. The number of halogens is 1. The van der Waals surface area contributed by atoms with Crippen molar-refractivity contribution in [3.05, 3.63) is 35.1 Å². The first-order valence-corrected chi connectivity index (χ1v) is 6.35. The van der Waals surface area contributed by atoms with E-state index in [1.165, 1.54) is 13.0 Å². The summed E-state index contributed by atoms with van der Waals surface area (Å²) in [6.45, 7) is 1.53. The van der Waals surface area contributed by atoms with Gasteiger partial charge in [0.15, 0.2) is 0 Å². The number of rotatable bonds is 6. The third-order valence-electron chi connectivity index (χ3n) is 2.92. The molecule has 2 atom stereocenters. The zero-order valence-electron chi connectivity index (χ0n) is 11.8. The van der Waals surface area contributed by atoms with Crippen LogP contribution in [0.4, 0.5) is 4.39 Å². The minimum atomic E-state index is -1.30. The summed E-state index contributed by atoms with van der Waals surface area (Å²) in [5, 5.41) is 22.3. The van der Waals surface area contributed by atoms with Crippen LogP contribution in [0.2, 0.25) is 0 Å². The molecule has 0 radical (unpaired) electrons. The molecule has 0 aliphatic carbocycles. The molecule has 3 N–H and O–H groups in total. The summed E-state index contributed by atoms with van der Waals surface area (Å²) in [6.07, 6.45) is -2.35. The summed E-state index contributed by atoms with van der Waals surface area (Å²) in [4.78, 5) is 22.1. The molecule has 1 rings (SSSR count). The monoisotopic (exact) mass is 299 g/mol. The normalized spacial score (nSPS) is 13.4. The highest BCUT2D eigenvalue weighted by atomic mass is 19.1. The summed E-state index contributed by atoms with van der Waals surface area (Å²) in [5.74, 6) is -1.88. The first-order chi connectivity index (χ1) is 9.86. The second kappa shape index (κ2) is 7.70. The second-order valence-electron chi connectivity index (χ2n) is 4.51. The Bertz CT molecular complexity index is 520. The number of ether oxygens (including phenoxy) is 1. The molecular formula is C14H18FNO5. The number of amides is 1. The van der Waals surface area contributed by atoms with Crippen molar-refractivity contribution in [1.29, 1.82) is 0 Å². The van der Waals surface area contributed by atoms with Crippen molar-refractivity contribution in [3.63, 3.8) is 0 Å². The molecule has 0 saturated heterocycles. The van der Waals surface area contributed by atoms with Crippen molar-refractivity contribution in [2.45, 2.75) is 25.6 Å². The molecule has 0 bridgehead atoms. The van der Waals surface area contributed by atoms with Gasteiger partial charge in [-0.05, 0) is 24.1 Å². The average molecular weight is 299 g/mol. The fourth-order valence-corrected chi connectivity index (χ4v) is 1.77. The maximum atomic E-state index is 13.5. The van der Waals surface area contributed by atoms with E-state index >= 15 is 0 Å². The summed E-state index contributed by atoms with van der Waals surface area (Å²) >= 11 is 0. The van der Waals surface area contributed by atoms with E-state index in [2.05, 4.69) is 10.1 Å². The molecule has 1 amide bonds. The van der Waals surface area contributed by atoms with Crippen LogP contribution >= 0.6 is 0 Å². The zero-order chi connectivity index (χ0) is 16.0. The molecule has 21 heavy (non-hydrogen) atoms. The van der Waals surface area contributed by atoms with Crippen LogP contribution in [-0.4, -0.2) is 41.8 Å². The van der Waals surface area contributed by atoms with Crippen molar-refractivity contribution < 1.29 is 28.9 Å². The highest BCUT2D eigenvalue weighted by molar-refractivity contribution is 5.89. The number of aliphatic hydroxyl groups is 2. The first-order valence-electron chi connectivity index (χ1n) is 6.35. The molecule has 0 aromatic heterocycles. The predicted octanol–water partition coefficient (Wildman–Crippen LogP) is 0.533. The Labute approximate surface area is 121 Å². The molecule has 6 nitrogen and oxygen atoms in total. The lowest BCUT2D eigenvalue weighted by molar-refractivity contribution is -0.119. The Morgan fingerprint density at radius 1 is 1.38 bits per heavy atom. The van der Waals surface area contributed by atoms with Gasteiger partial charge in [-0.1, -0.05) is 6.07 Å². The number of hydrogen-bond acceptors (Lipinski definition) is 5. The quantitative estimate of drug-likeness (QED) is 0.666. The topological polar surface area (TPSA) is 95.9 Å². The molecule has 116 valence electrons. The zero-order valence-corrected chi connectivity index (χ0v) is 11.8. The average Bonchev–Trinajstić information content (AvgIpc) is 2.45. The van der Waals surface area contributed by atoms with Gasteiger partial charge in [0.1, 0.15) is 11.9 Å². The largest absolute Gasteiger partial charge is 0.465 e. The van der Waals surface area contributed by atoms with Crippen molar-refractivity contribution >= 4 is 11.9 Å². The van der Waals surface area contributed by atoms with Crippen LogP contribution in [0.5, 0.6) is 0 Å². The van der Waals surface area contributed by atoms with Crippen LogP contribution in [0, 0.1) is 5.82 Å². The molecule has 0 saturated carbocycles. The van der Waals surface area contributed by atoms with Gasteiger partial charge in [0, 0.05) is 13.5 Å². The van der Waals surface area contributed by atoms with Crippen LogP contribution in [0.3, 0.4) is 0 Å². The molecule has 0 aliphatic heterocycles. The third-order valence-corrected chi connectivity index (χ3v) is 2.92. The van der Waals surface area contributed by atoms with E-state index in [1.54, 1.807) is 0 Å². The number of carbonyl (C=O) groups excluding carboxylic acids is 2. The second-order valence-corrected chi connectivity index (χ2v) is 4.51. The highest BCUT2D eigenvalue weighted by Crippen LogP contribution is 2.22. The van der Waals surface area contributed by atoms with Crippen LogP contribution < -0.4 is 5.32 Å². The van der Waals surface area contributed by atoms with E-state index < -0.39 is 24.0 Å². The molecule has 0 heterocycles. The number of methoxy groups -OCH3 is 1. The Morgan fingerprint density at radius 3 is 2.62 bits per heavy atom. The van der Waals surface area contributed by atoms with Crippen molar-refractivity contribution in [3.8, 4) is 0 Å². The fraction of sp³-hybridized carbons (Fsp3) is 0.429. The van der Waals surface area contributed by atoms with Crippen molar-refractivity contribution in [2.24, 2.45) is 0 Å². The molecule has 0 aliphatic rings. The number of benzene rings is 1. The van der Waals surface area contributed by atoms with E-state index in [0.717, 1.165) is 19.2 Å². The Morgan fingerprint density at radius 2 is 2.05 bits per heavy atom. The standard InChI is InChI=1S/C14H18FNO5/c1-8(17)16-6-5-12(18)13(19)9-3-4-11(15)10(7-9)14(20)21-2/h3-4,7,12-13,18-19H,5-6H2,1-2H3,(H,16,17). The van der Waals surface area contributed by atoms with Crippen LogP contribution in [0.1, 0.15) is 35.4 Å². The number of esters is 1. The molecular weight excluding hydrogens is 281 g/mol. The summed E-state index contributed by atoms with van der Waals surface area (Å²) in [7, 11) is 1.12. The minimum absolute atomic E-state index is 0.117. The third kappa shape index (κ3) is 4.80. The fourth-order valence-electron chi connectivity index (χ4n) is 1.77. The van der Waals surface area contributed by atoms with Gasteiger partial charge >= 0.3 is 5.97 Å². The Balaban J connectivity index is 2.79. The van der Waals surface area contributed by atoms with Crippen LogP contribution in [-0.2, 0) is 9.53 Å². The van der Waals surface area contributed by atoms with Crippen molar-refractivity contribution in [1.82, 2.24) is 5.32 Å². The van der Waals surface area contributed by atoms with Gasteiger partial charge < -0.3 is 20.3 Å². The lowest BCUT2D eigenvalue weighted by atomic mass is 10.00. The number of nitrogens with one attached hydrogen (secondary N) is 1.